The van der Waals surface area contributed by atoms with Gasteiger partial charge in [0.25, 0.3) is 0 Å². The van der Waals surface area contributed by atoms with Crippen LogP contribution in [-0.4, -0.2) is 44.4 Å². The predicted octanol–water partition coefficient (Wildman–Crippen LogP) is 2.56. The highest BCUT2D eigenvalue weighted by atomic mass is 35.5. The number of hydrogen-bond acceptors (Lipinski definition) is 4. The molecule has 0 N–H and O–H groups in total. The lowest BCUT2D eigenvalue weighted by Crippen LogP contribution is -2.36. The van der Waals surface area contributed by atoms with Gasteiger partial charge in [0.2, 0.25) is 10.0 Å². The SMILES string of the molecule is COc1ccc(S(=O)(=O)N(C)C2CCSC2)cc1CCl. The third kappa shape index (κ3) is 3.08. The minimum absolute atomic E-state index is 0.0755. The molecule has 1 aromatic rings. The quantitative estimate of drug-likeness (QED) is 0.776. The van der Waals surface area contributed by atoms with Crippen LogP contribution in [0.25, 0.3) is 0 Å². The number of alkyl halides is 1. The Balaban J connectivity index is 2.33. The van der Waals surface area contributed by atoms with Crippen LogP contribution in [0.4, 0.5) is 0 Å². The van der Waals surface area contributed by atoms with E-state index in [9.17, 15) is 8.42 Å². The number of rotatable bonds is 5. The zero-order valence-electron chi connectivity index (χ0n) is 11.5. The van der Waals surface area contributed by atoms with Crippen LogP contribution in [0.3, 0.4) is 0 Å². The smallest absolute Gasteiger partial charge is 0.243 e. The second-order valence-corrected chi connectivity index (χ2v) is 8.06. The summed E-state index contributed by atoms with van der Waals surface area (Å²) in [4.78, 5) is 0.272. The van der Waals surface area contributed by atoms with Gasteiger partial charge < -0.3 is 4.74 Å². The predicted molar refractivity (Wildman–Crippen MR) is 83.2 cm³/mol. The summed E-state index contributed by atoms with van der Waals surface area (Å²) in [5.41, 5.74) is 0.685. The average Bonchev–Trinajstić information content (AvgIpc) is 2.99. The van der Waals surface area contributed by atoms with Crippen LogP contribution in [0.1, 0.15) is 12.0 Å². The largest absolute Gasteiger partial charge is 0.496 e. The van der Waals surface area contributed by atoms with E-state index in [1.165, 1.54) is 4.31 Å². The van der Waals surface area contributed by atoms with Gasteiger partial charge in [-0.05, 0) is 30.4 Å². The van der Waals surface area contributed by atoms with Gasteiger partial charge in [-0.1, -0.05) is 0 Å². The molecule has 1 atom stereocenters. The van der Waals surface area contributed by atoms with E-state index >= 15 is 0 Å². The molecule has 0 bridgehead atoms. The minimum atomic E-state index is -3.47. The second kappa shape index (κ2) is 6.56. The molecule has 2 rings (SSSR count). The van der Waals surface area contributed by atoms with Crippen molar-refractivity contribution in [2.45, 2.75) is 23.2 Å². The maximum Gasteiger partial charge on any atom is 0.243 e. The summed E-state index contributed by atoms with van der Waals surface area (Å²) in [6, 6.07) is 4.90. The molecule has 0 aliphatic carbocycles. The molecule has 4 nitrogen and oxygen atoms in total. The van der Waals surface area contributed by atoms with Crippen LogP contribution in [0.2, 0.25) is 0 Å². The number of sulfonamides is 1. The Bertz CT molecular complexity index is 571. The molecule has 1 heterocycles. The van der Waals surface area contributed by atoms with E-state index in [2.05, 4.69) is 0 Å². The first-order valence-electron chi connectivity index (χ1n) is 6.29. The van der Waals surface area contributed by atoms with Gasteiger partial charge in [-0.15, -0.1) is 11.6 Å². The average molecular weight is 336 g/mol. The Hall–Kier alpha value is -0.430. The number of methoxy groups -OCH3 is 1. The van der Waals surface area contributed by atoms with E-state index in [0.29, 0.717) is 11.3 Å². The summed E-state index contributed by atoms with van der Waals surface area (Å²) in [6.45, 7) is 0. The fourth-order valence-electron chi connectivity index (χ4n) is 2.19. The highest BCUT2D eigenvalue weighted by molar-refractivity contribution is 7.99. The van der Waals surface area contributed by atoms with Crippen molar-refractivity contribution in [2.75, 3.05) is 25.7 Å². The summed E-state index contributed by atoms with van der Waals surface area (Å²) in [7, 11) is -0.282. The fraction of sp³-hybridized carbons (Fsp3) is 0.538. The summed E-state index contributed by atoms with van der Waals surface area (Å²) < 4.78 is 31.9. The number of halogens is 1. The number of ether oxygens (including phenoxy) is 1. The molecule has 1 aromatic carbocycles. The van der Waals surface area contributed by atoms with Gasteiger partial charge in [0.15, 0.2) is 0 Å². The highest BCUT2D eigenvalue weighted by Gasteiger charge is 2.30. The van der Waals surface area contributed by atoms with Crippen LogP contribution in [0.15, 0.2) is 23.1 Å². The number of thioether (sulfide) groups is 1. The number of nitrogens with zero attached hydrogens (tertiary/aromatic N) is 1. The summed E-state index contributed by atoms with van der Waals surface area (Å²) in [5, 5.41) is 0. The van der Waals surface area contributed by atoms with Crippen molar-refractivity contribution in [3.8, 4) is 5.75 Å². The minimum Gasteiger partial charge on any atom is -0.496 e. The first kappa shape index (κ1) is 15.9. The molecule has 0 radical (unpaired) electrons. The van der Waals surface area contributed by atoms with Crippen molar-refractivity contribution < 1.29 is 13.2 Å². The molecule has 0 saturated carbocycles. The second-order valence-electron chi connectivity index (χ2n) is 4.65. The van der Waals surface area contributed by atoms with Gasteiger partial charge in [0.1, 0.15) is 5.75 Å². The van der Waals surface area contributed by atoms with Crippen molar-refractivity contribution in [3.63, 3.8) is 0 Å². The molecule has 7 heteroatoms. The van der Waals surface area contributed by atoms with Gasteiger partial charge in [0, 0.05) is 24.4 Å². The zero-order valence-corrected chi connectivity index (χ0v) is 13.9. The van der Waals surface area contributed by atoms with Crippen LogP contribution in [-0.2, 0) is 15.9 Å². The first-order chi connectivity index (χ1) is 9.50. The Labute approximate surface area is 129 Å². The molecule has 1 unspecified atom stereocenters. The van der Waals surface area contributed by atoms with E-state index < -0.39 is 10.0 Å². The maximum absolute atomic E-state index is 12.6. The van der Waals surface area contributed by atoms with Crippen molar-refractivity contribution in [1.82, 2.24) is 4.31 Å². The highest BCUT2D eigenvalue weighted by Crippen LogP contribution is 2.29. The third-order valence-corrected chi connectivity index (χ3v) is 6.83. The Morgan fingerprint density at radius 3 is 2.80 bits per heavy atom. The summed E-state index contributed by atoms with van der Waals surface area (Å²) >= 11 is 7.64. The van der Waals surface area contributed by atoms with Gasteiger partial charge >= 0.3 is 0 Å². The fourth-order valence-corrected chi connectivity index (χ4v) is 5.20. The van der Waals surface area contributed by atoms with Crippen LogP contribution in [0, 0.1) is 0 Å². The topological polar surface area (TPSA) is 46.6 Å². The lowest BCUT2D eigenvalue weighted by atomic mass is 10.2. The van der Waals surface area contributed by atoms with Gasteiger partial charge in [-0.3, -0.25) is 0 Å². The molecule has 1 fully saturated rings. The van der Waals surface area contributed by atoms with Crippen LogP contribution >= 0.6 is 23.4 Å². The molecule has 1 aliphatic heterocycles. The molecule has 1 saturated heterocycles. The van der Waals surface area contributed by atoms with Crippen molar-refractivity contribution in [2.24, 2.45) is 0 Å². The van der Waals surface area contributed by atoms with Crippen molar-refractivity contribution in [1.29, 1.82) is 0 Å². The Morgan fingerprint density at radius 1 is 1.50 bits per heavy atom. The molecule has 20 heavy (non-hydrogen) atoms. The van der Waals surface area contributed by atoms with Crippen molar-refractivity contribution in [3.05, 3.63) is 23.8 Å². The molecule has 0 aromatic heterocycles. The van der Waals surface area contributed by atoms with Gasteiger partial charge in [0.05, 0.1) is 17.9 Å². The monoisotopic (exact) mass is 335 g/mol. The third-order valence-electron chi connectivity index (χ3n) is 3.49. The number of benzene rings is 1. The molecular formula is C13H18ClNO3S2. The molecular weight excluding hydrogens is 318 g/mol. The standard InChI is InChI=1S/C13H18ClNO3S2/c1-15(11-5-6-19-9-11)20(16,17)12-3-4-13(18-2)10(7-12)8-14/h3-4,7,11H,5-6,8-9H2,1-2H3. The molecule has 0 amide bonds. The Kier molecular flexibility index (Phi) is 5.23. The summed E-state index contributed by atoms with van der Waals surface area (Å²) in [6.07, 6.45) is 0.902. The van der Waals surface area contributed by atoms with E-state index in [0.717, 1.165) is 17.9 Å². The lowest BCUT2D eigenvalue weighted by Gasteiger charge is -2.23. The number of hydrogen-bond donors (Lipinski definition) is 0. The van der Waals surface area contributed by atoms with E-state index in [1.54, 1.807) is 44.1 Å². The van der Waals surface area contributed by atoms with E-state index in [1.807, 2.05) is 0 Å². The first-order valence-corrected chi connectivity index (χ1v) is 9.42. The molecule has 1 aliphatic rings. The van der Waals surface area contributed by atoms with Crippen molar-refractivity contribution >= 4 is 33.4 Å². The Morgan fingerprint density at radius 2 is 2.25 bits per heavy atom. The van der Waals surface area contributed by atoms with Crippen LogP contribution < -0.4 is 4.74 Å². The molecule has 0 spiro atoms. The molecule has 112 valence electrons. The maximum atomic E-state index is 12.6. The van der Waals surface area contributed by atoms with E-state index in [4.69, 9.17) is 16.3 Å². The zero-order chi connectivity index (χ0) is 14.8. The normalized spacial score (nSPS) is 19.5. The van der Waals surface area contributed by atoms with Gasteiger partial charge in [-0.25, -0.2) is 8.42 Å². The van der Waals surface area contributed by atoms with Gasteiger partial charge in [-0.2, -0.15) is 16.1 Å². The van der Waals surface area contributed by atoms with Crippen LogP contribution in [0.5, 0.6) is 5.75 Å². The lowest BCUT2D eigenvalue weighted by molar-refractivity contribution is 0.394. The summed E-state index contributed by atoms with van der Waals surface area (Å²) in [5.74, 6) is 2.70. The van der Waals surface area contributed by atoms with E-state index in [-0.39, 0.29) is 16.8 Å².